The van der Waals surface area contributed by atoms with Crippen molar-refractivity contribution in [1.82, 2.24) is 5.32 Å². The highest BCUT2D eigenvalue weighted by Crippen LogP contribution is 2.30. The van der Waals surface area contributed by atoms with E-state index in [4.69, 9.17) is 9.52 Å². The van der Waals surface area contributed by atoms with E-state index in [2.05, 4.69) is 5.32 Å². The van der Waals surface area contributed by atoms with Gasteiger partial charge in [0, 0.05) is 0 Å². The Morgan fingerprint density at radius 2 is 2.06 bits per heavy atom. The monoisotopic (exact) mass is 251 g/mol. The van der Waals surface area contributed by atoms with Crippen LogP contribution in [0.15, 0.2) is 22.8 Å². The van der Waals surface area contributed by atoms with Gasteiger partial charge in [0.15, 0.2) is 0 Å². The molecule has 1 amide bonds. The summed E-state index contributed by atoms with van der Waals surface area (Å²) in [7, 11) is 0. The molecule has 5 heteroatoms. The van der Waals surface area contributed by atoms with Crippen molar-refractivity contribution >= 4 is 11.9 Å². The van der Waals surface area contributed by atoms with Gasteiger partial charge in [-0.25, -0.2) is 0 Å². The zero-order valence-corrected chi connectivity index (χ0v) is 10.1. The molecule has 0 aromatic carbocycles. The summed E-state index contributed by atoms with van der Waals surface area (Å²) in [6, 6.07) is 3.53. The Kier molecular flexibility index (Phi) is 4.02. The van der Waals surface area contributed by atoms with Crippen molar-refractivity contribution in [3.05, 3.63) is 24.2 Å². The fourth-order valence-corrected chi connectivity index (χ4v) is 2.46. The smallest absolute Gasteiger partial charge is 0.307 e. The number of nitrogens with one attached hydrogen (secondary N) is 1. The Balaban J connectivity index is 1.92. The third-order valence-electron chi connectivity index (χ3n) is 3.44. The molecule has 98 valence electrons. The van der Waals surface area contributed by atoms with Gasteiger partial charge in [-0.3, -0.25) is 9.59 Å². The summed E-state index contributed by atoms with van der Waals surface area (Å²) < 4.78 is 5.11. The molecule has 1 heterocycles. The van der Waals surface area contributed by atoms with E-state index in [0.29, 0.717) is 25.1 Å². The van der Waals surface area contributed by atoms with Gasteiger partial charge >= 0.3 is 5.97 Å². The minimum absolute atomic E-state index is 0.182. The predicted octanol–water partition coefficient (Wildman–Crippen LogP) is 1.79. The molecule has 5 nitrogen and oxygen atoms in total. The number of hydrogen-bond donors (Lipinski definition) is 2. The van der Waals surface area contributed by atoms with Crippen LogP contribution in [0.5, 0.6) is 0 Å². The maximum absolute atomic E-state index is 12.0. The van der Waals surface area contributed by atoms with Gasteiger partial charge in [0.2, 0.25) is 5.91 Å². The van der Waals surface area contributed by atoms with Crippen LogP contribution in [-0.4, -0.2) is 17.0 Å². The number of furan rings is 1. The van der Waals surface area contributed by atoms with Gasteiger partial charge in [-0.15, -0.1) is 0 Å². The second-order valence-corrected chi connectivity index (χ2v) is 4.63. The predicted molar refractivity (Wildman–Crippen MR) is 63.6 cm³/mol. The SMILES string of the molecule is O=C(O)[C@@H]1CCCC[C@H]1C(=O)NCc1ccco1. The molecule has 1 aliphatic carbocycles. The van der Waals surface area contributed by atoms with E-state index >= 15 is 0 Å². The fourth-order valence-electron chi connectivity index (χ4n) is 2.46. The summed E-state index contributed by atoms with van der Waals surface area (Å²) in [5.41, 5.74) is 0. The number of aliphatic carboxylic acids is 1. The highest BCUT2D eigenvalue weighted by Gasteiger charge is 2.35. The van der Waals surface area contributed by atoms with Crippen LogP contribution in [-0.2, 0) is 16.1 Å². The molecule has 1 aromatic heterocycles. The van der Waals surface area contributed by atoms with E-state index < -0.39 is 17.8 Å². The maximum Gasteiger partial charge on any atom is 0.307 e. The zero-order chi connectivity index (χ0) is 13.0. The van der Waals surface area contributed by atoms with Crippen molar-refractivity contribution in [1.29, 1.82) is 0 Å². The lowest BCUT2D eigenvalue weighted by atomic mass is 9.79. The molecule has 2 N–H and O–H groups in total. The van der Waals surface area contributed by atoms with Crippen molar-refractivity contribution in [3.8, 4) is 0 Å². The quantitative estimate of drug-likeness (QED) is 0.855. The van der Waals surface area contributed by atoms with E-state index in [-0.39, 0.29) is 5.91 Å². The van der Waals surface area contributed by atoms with Gasteiger partial charge in [-0.1, -0.05) is 12.8 Å². The largest absolute Gasteiger partial charge is 0.481 e. The highest BCUT2D eigenvalue weighted by atomic mass is 16.4. The van der Waals surface area contributed by atoms with Crippen LogP contribution in [0.1, 0.15) is 31.4 Å². The molecule has 0 aliphatic heterocycles. The summed E-state index contributed by atoms with van der Waals surface area (Å²) >= 11 is 0. The number of carbonyl (C=O) groups excluding carboxylic acids is 1. The molecule has 2 rings (SSSR count). The molecule has 0 bridgehead atoms. The lowest BCUT2D eigenvalue weighted by molar-refractivity contribution is -0.149. The van der Waals surface area contributed by atoms with Gasteiger partial charge in [0.25, 0.3) is 0 Å². The molecule has 0 saturated heterocycles. The summed E-state index contributed by atoms with van der Waals surface area (Å²) in [6.45, 7) is 0.314. The van der Waals surface area contributed by atoms with Crippen molar-refractivity contribution < 1.29 is 19.1 Å². The molecule has 1 saturated carbocycles. The van der Waals surface area contributed by atoms with Crippen LogP contribution in [0.3, 0.4) is 0 Å². The first-order chi connectivity index (χ1) is 8.68. The summed E-state index contributed by atoms with van der Waals surface area (Å²) in [5.74, 6) is -1.33. The first-order valence-corrected chi connectivity index (χ1v) is 6.21. The average molecular weight is 251 g/mol. The topological polar surface area (TPSA) is 79.5 Å². The van der Waals surface area contributed by atoms with Gasteiger partial charge in [-0.2, -0.15) is 0 Å². The molecular formula is C13H17NO4. The Morgan fingerprint density at radius 1 is 1.33 bits per heavy atom. The Hall–Kier alpha value is -1.78. The lowest BCUT2D eigenvalue weighted by Gasteiger charge is -2.27. The maximum atomic E-state index is 12.0. The first-order valence-electron chi connectivity index (χ1n) is 6.21. The molecule has 0 radical (unpaired) electrons. The number of carbonyl (C=O) groups is 2. The van der Waals surface area contributed by atoms with Crippen molar-refractivity contribution in [2.75, 3.05) is 0 Å². The van der Waals surface area contributed by atoms with E-state index in [1.54, 1.807) is 18.4 Å². The van der Waals surface area contributed by atoms with Gasteiger partial charge in [0.1, 0.15) is 5.76 Å². The zero-order valence-electron chi connectivity index (χ0n) is 10.1. The number of carboxylic acid groups (broad SMARTS) is 1. The normalized spacial score (nSPS) is 23.6. The highest BCUT2D eigenvalue weighted by molar-refractivity contribution is 5.84. The van der Waals surface area contributed by atoms with Crippen LogP contribution < -0.4 is 5.32 Å². The average Bonchev–Trinajstić information content (AvgIpc) is 2.89. The van der Waals surface area contributed by atoms with Crippen molar-refractivity contribution in [2.45, 2.75) is 32.2 Å². The molecule has 1 aliphatic rings. The van der Waals surface area contributed by atoms with Crippen LogP contribution in [0.4, 0.5) is 0 Å². The second kappa shape index (κ2) is 5.71. The van der Waals surface area contributed by atoms with Crippen molar-refractivity contribution in [2.24, 2.45) is 11.8 Å². The van der Waals surface area contributed by atoms with E-state index in [0.717, 1.165) is 12.8 Å². The minimum atomic E-state index is -0.868. The molecule has 18 heavy (non-hydrogen) atoms. The Morgan fingerprint density at radius 3 is 2.67 bits per heavy atom. The Labute approximate surface area is 105 Å². The molecule has 0 unspecified atom stereocenters. The van der Waals surface area contributed by atoms with Gasteiger partial charge in [0.05, 0.1) is 24.6 Å². The number of hydrogen-bond acceptors (Lipinski definition) is 3. The molecule has 1 aromatic rings. The molecular weight excluding hydrogens is 234 g/mol. The summed E-state index contributed by atoms with van der Waals surface area (Å²) in [4.78, 5) is 23.1. The number of amides is 1. The van der Waals surface area contributed by atoms with Crippen LogP contribution in [0.2, 0.25) is 0 Å². The van der Waals surface area contributed by atoms with Gasteiger partial charge < -0.3 is 14.8 Å². The second-order valence-electron chi connectivity index (χ2n) is 4.63. The van der Waals surface area contributed by atoms with E-state index in [1.165, 1.54) is 0 Å². The minimum Gasteiger partial charge on any atom is -0.481 e. The lowest BCUT2D eigenvalue weighted by Crippen LogP contribution is -2.39. The standard InChI is InChI=1S/C13H17NO4/c15-12(14-8-9-4-3-7-18-9)10-5-1-2-6-11(10)13(16)17/h3-4,7,10-11H,1-2,5-6,8H2,(H,14,15)(H,16,17)/t10-,11-/m1/s1. The third-order valence-corrected chi connectivity index (χ3v) is 3.44. The first kappa shape index (κ1) is 12.7. The number of carboxylic acids is 1. The van der Waals surface area contributed by atoms with E-state index in [9.17, 15) is 9.59 Å². The summed E-state index contributed by atoms with van der Waals surface area (Å²) in [5, 5.41) is 11.9. The van der Waals surface area contributed by atoms with Crippen LogP contribution in [0.25, 0.3) is 0 Å². The molecule has 1 fully saturated rings. The Bertz CT molecular complexity index is 413. The van der Waals surface area contributed by atoms with Crippen LogP contribution >= 0.6 is 0 Å². The third kappa shape index (κ3) is 2.91. The number of rotatable bonds is 4. The fraction of sp³-hybridized carbons (Fsp3) is 0.538. The van der Waals surface area contributed by atoms with E-state index in [1.807, 2.05) is 0 Å². The summed E-state index contributed by atoms with van der Waals surface area (Å²) in [6.07, 6.45) is 4.60. The molecule has 0 spiro atoms. The van der Waals surface area contributed by atoms with Gasteiger partial charge in [-0.05, 0) is 25.0 Å². The molecule has 2 atom stereocenters. The van der Waals surface area contributed by atoms with Crippen molar-refractivity contribution in [3.63, 3.8) is 0 Å². The van der Waals surface area contributed by atoms with Crippen LogP contribution in [0, 0.1) is 11.8 Å².